The average molecular weight is 246 g/mol. The van der Waals surface area contributed by atoms with E-state index in [-0.39, 0.29) is 0 Å². The number of para-hydroxylation sites is 1. The van der Waals surface area contributed by atoms with Crippen LogP contribution < -0.4 is 4.74 Å². The van der Waals surface area contributed by atoms with Crippen molar-refractivity contribution in [3.63, 3.8) is 0 Å². The Morgan fingerprint density at radius 2 is 2.06 bits per heavy atom. The molecule has 2 aromatic rings. The third-order valence-corrected chi connectivity index (χ3v) is 2.83. The van der Waals surface area contributed by atoms with Crippen molar-refractivity contribution < 1.29 is 14.3 Å². The maximum Gasteiger partial charge on any atom is 0.140 e. The average Bonchev–Trinajstić information content (AvgIpc) is 2.82. The number of hydrogen-bond donors (Lipinski definition) is 1. The Kier molecular flexibility index (Phi) is 4.05. The fourth-order valence-electron chi connectivity index (χ4n) is 1.86. The van der Waals surface area contributed by atoms with Gasteiger partial charge < -0.3 is 14.3 Å². The van der Waals surface area contributed by atoms with Gasteiger partial charge in [-0.15, -0.1) is 0 Å². The van der Waals surface area contributed by atoms with E-state index in [2.05, 4.69) is 6.92 Å². The highest BCUT2D eigenvalue weighted by Gasteiger charge is 2.19. The molecule has 3 nitrogen and oxygen atoms in total. The second kappa shape index (κ2) is 5.74. The van der Waals surface area contributed by atoms with Crippen molar-refractivity contribution >= 4 is 0 Å². The zero-order chi connectivity index (χ0) is 13.0. The van der Waals surface area contributed by atoms with Gasteiger partial charge in [-0.1, -0.05) is 25.1 Å². The number of aliphatic hydroxyl groups excluding tert-OH is 1. The van der Waals surface area contributed by atoms with Crippen molar-refractivity contribution in [1.82, 2.24) is 0 Å². The van der Waals surface area contributed by atoms with Crippen LogP contribution >= 0.6 is 0 Å². The molecule has 1 aromatic carbocycles. The predicted octanol–water partition coefficient (Wildman–Crippen LogP) is 3.46. The molecular weight excluding hydrogens is 228 g/mol. The number of aliphatic hydroxyl groups is 1. The summed E-state index contributed by atoms with van der Waals surface area (Å²) < 4.78 is 11.0. The number of furan rings is 1. The highest BCUT2D eigenvalue weighted by molar-refractivity contribution is 5.39. The molecular formula is C15H18O3. The molecule has 1 N–H and O–H groups in total. The van der Waals surface area contributed by atoms with Gasteiger partial charge in [0.2, 0.25) is 0 Å². The Hall–Kier alpha value is -1.74. The van der Waals surface area contributed by atoms with E-state index in [4.69, 9.17) is 9.15 Å². The molecule has 0 aliphatic heterocycles. The fourth-order valence-corrected chi connectivity index (χ4v) is 1.86. The number of ether oxygens (including phenoxy) is 1. The molecule has 96 valence electrons. The van der Waals surface area contributed by atoms with Gasteiger partial charge in [0.05, 0.1) is 12.9 Å². The van der Waals surface area contributed by atoms with Crippen LogP contribution in [-0.2, 0) is 0 Å². The van der Waals surface area contributed by atoms with Gasteiger partial charge in [-0.2, -0.15) is 0 Å². The number of hydrogen-bond acceptors (Lipinski definition) is 3. The third-order valence-electron chi connectivity index (χ3n) is 2.83. The molecule has 1 atom stereocenters. The van der Waals surface area contributed by atoms with Crippen LogP contribution in [0.5, 0.6) is 5.75 Å². The Balaban J connectivity index is 2.30. The van der Waals surface area contributed by atoms with E-state index in [9.17, 15) is 5.11 Å². The van der Waals surface area contributed by atoms with E-state index in [1.165, 1.54) is 0 Å². The van der Waals surface area contributed by atoms with Gasteiger partial charge in [-0.05, 0) is 31.0 Å². The third kappa shape index (κ3) is 2.57. The minimum Gasteiger partial charge on any atom is -0.493 e. The van der Waals surface area contributed by atoms with Crippen LogP contribution in [0.1, 0.15) is 36.3 Å². The zero-order valence-electron chi connectivity index (χ0n) is 10.7. The summed E-state index contributed by atoms with van der Waals surface area (Å²) in [7, 11) is 0. The van der Waals surface area contributed by atoms with Crippen LogP contribution in [0, 0.1) is 6.92 Å². The Bertz CT molecular complexity index is 502. The highest BCUT2D eigenvalue weighted by atomic mass is 16.5. The Morgan fingerprint density at radius 3 is 2.72 bits per heavy atom. The lowest BCUT2D eigenvalue weighted by molar-refractivity contribution is 0.181. The smallest absolute Gasteiger partial charge is 0.140 e. The van der Waals surface area contributed by atoms with Gasteiger partial charge in [0.25, 0.3) is 0 Å². The highest BCUT2D eigenvalue weighted by Crippen LogP contribution is 2.31. The molecule has 1 heterocycles. The van der Waals surface area contributed by atoms with Gasteiger partial charge in [0.15, 0.2) is 0 Å². The SMILES string of the molecule is CCCOc1ccccc1C(O)c1occc1C. The molecule has 0 saturated carbocycles. The van der Waals surface area contributed by atoms with Crippen molar-refractivity contribution in [3.8, 4) is 5.75 Å². The second-order valence-corrected chi connectivity index (χ2v) is 4.26. The fraction of sp³-hybridized carbons (Fsp3) is 0.333. The van der Waals surface area contributed by atoms with E-state index in [1.54, 1.807) is 6.26 Å². The molecule has 0 radical (unpaired) electrons. The normalized spacial score (nSPS) is 12.4. The summed E-state index contributed by atoms with van der Waals surface area (Å²) in [6.45, 7) is 4.61. The molecule has 1 unspecified atom stereocenters. The van der Waals surface area contributed by atoms with Crippen LogP contribution in [0.3, 0.4) is 0 Å². The van der Waals surface area contributed by atoms with Crippen molar-refractivity contribution in [2.45, 2.75) is 26.4 Å². The van der Waals surface area contributed by atoms with Crippen LogP contribution in [0.2, 0.25) is 0 Å². The zero-order valence-corrected chi connectivity index (χ0v) is 10.7. The summed E-state index contributed by atoms with van der Waals surface area (Å²) in [4.78, 5) is 0. The maximum atomic E-state index is 10.4. The number of rotatable bonds is 5. The summed E-state index contributed by atoms with van der Waals surface area (Å²) in [5, 5.41) is 10.4. The molecule has 0 bridgehead atoms. The summed E-state index contributed by atoms with van der Waals surface area (Å²) in [5.41, 5.74) is 1.68. The van der Waals surface area contributed by atoms with Crippen molar-refractivity contribution in [1.29, 1.82) is 0 Å². The van der Waals surface area contributed by atoms with Crippen LogP contribution in [0.25, 0.3) is 0 Å². The molecule has 2 rings (SSSR count). The summed E-state index contributed by atoms with van der Waals surface area (Å²) in [5.74, 6) is 1.28. The minimum absolute atomic E-state index is 0.572. The molecule has 0 spiro atoms. The van der Waals surface area contributed by atoms with E-state index in [1.807, 2.05) is 37.3 Å². The first kappa shape index (κ1) is 12.7. The molecule has 0 saturated heterocycles. The Labute approximate surface area is 107 Å². The second-order valence-electron chi connectivity index (χ2n) is 4.26. The van der Waals surface area contributed by atoms with Crippen molar-refractivity contribution in [2.24, 2.45) is 0 Å². The standard InChI is InChI=1S/C15H18O3/c1-3-9-17-13-7-5-4-6-12(13)14(16)15-11(2)8-10-18-15/h4-8,10,14,16H,3,9H2,1-2H3. The molecule has 3 heteroatoms. The van der Waals surface area contributed by atoms with Crippen LogP contribution in [-0.4, -0.2) is 11.7 Å². The van der Waals surface area contributed by atoms with Crippen LogP contribution in [0.4, 0.5) is 0 Å². The van der Waals surface area contributed by atoms with Crippen molar-refractivity contribution in [3.05, 3.63) is 53.5 Å². The lowest BCUT2D eigenvalue weighted by Gasteiger charge is -2.15. The summed E-state index contributed by atoms with van der Waals surface area (Å²) in [6, 6.07) is 9.35. The van der Waals surface area contributed by atoms with E-state index < -0.39 is 6.10 Å². The molecule has 0 aliphatic rings. The largest absolute Gasteiger partial charge is 0.493 e. The van der Waals surface area contributed by atoms with Gasteiger partial charge >= 0.3 is 0 Å². The summed E-state index contributed by atoms with van der Waals surface area (Å²) in [6.07, 6.45) is 1.74. The van der Waals surface area contributed by atoms with Crippen molar-refractivity contribution in [2.75, 3.05) is 6.61 Å². The molecule has 0 amide bonds. The molecule has 0 fully saturated rings. The molecule has 18 heavy (non-hydrogen) atoms. The monoisotopic (exact) mass is 246 g/mol. The van der Waals surface area contributed by atoms with Gasteiger partial charge in [-0.25, -0.2) is 0 Å². The lowest BCUT2D eigenvalue weighted by atomic mass is 10.0. The van der Waals surface area contributed by atoms with E-state index >= 15 is 0 Å². The predicted molar refractivity (Wildman–Crippen MR) is 69.7 cm³/mol. The summed E-state index contributed by atoms with van der Waals surface area (Å²) >= 11 is 0. The first-order valence-electron chi connectivity index (χ1n) is 6.17. The van der Waals surface area contributed by atoms with Crippen LogP contribution in [0.15, 0.2) is 41.0 Å². The first-order chi connectivity index (χ1) is 8.74. The molecule has 0 aliphatic carbocycles. The first-order valence-corrected chi connectivity index (χ1v) is 6.17. The number of aryl methyl sites for hydroxylation is 1. The van der Waals surface area contributed by atoms with Gasteiger partial charge in [0, 0.05) is 5.56 Å². The lowest BCUT2D eigenvalue weighted by Crippen LogP contribution is -2.05. The number of benzene rings is 1. The topological polar surface area (TPSA) is 42.6 Å². The quantitative estimate of drug-likeness (QED) is 0.878. The maximum absolute atomic E-state index is 10.4. The molecule has 1 aromatic heterocycles. The van der Waals surface area contributed by atoms with Gasteiger partial charge in [-0.3, -0.25) is 0 Å². The Morgan fingerprint density at radius 1 is 1.28 bits per heavy atom. The van der Waals surface area contributed by atoms with Gasteiger partial charge in [0.1, 0.15) is 17.6 Å². The van der Waals surface area contributed by atoms with E-state index in [0.717, 1.165) is 17.5 Å². The van der Waals surface area contributed by atoms with E-state index in [0.29, 0.717) is 18.1 Å². The minimum atomic E-state index is -0.784.